The van der Waals surface area contributed by atoms with Crippen molar-refractivity contribution in [2.24, 2.45) is 5.92 Å². The molecule has 2 N–H and O–H groups in total. The summed E-state index contributed by atoms with van der Waals surface area (Å²) in [5.74, 6) is 0.870. The molecule has 0 aliphatic heterocycles. The zero-order chi connectivity index (χ0) is 9.68. The van der Waals surface area contributed by atoms with E-state index in [1.165, 1.54) is 0 Å². The van der Waals surface area contributed by atoms with Crippen molar-refractivity contribution in [2.75, 3.05) is 11.5 Å². The van der Waals surface area contributed by atoms with Crippen molar-refractivity contribution in [1.29, 1.82) is 5.26 Å². The number of nitrogens with zero attached hydrogens (tertiary/aromatic N) is 1. The fraction of sp³-hybridized carbons (Fsp3) is 0.300. The van der Waals surface area contributed by atoms with E-state index in [4.69, 9.17) is 11.0 Å². The summed E-state index contributed by atoms with van der Waals surface area (Å²) in [6, 6.07) is 9.91. The lowest BCUT2D eigenvalue weighted by Crippen LogP contribution is -1.94. The summed E-state index contributed by atoms with van der Waals surface area (Å²) in [7, 11) is 0. The number of rotatable bonds is 3. The Morgan fingerprint density at radius 2 is 2.23 bits per heavy atom. The van der Waals surface area contributed by atoms with E-state index in [2.05, 4.69) is 6.07 Å². The molecule has 13 heavy (non-hydrogen) atoms. The van der Waals surface area contributed by atoms with Crippen LogP contribution in [0, 0.1) is 17.2 Å². The number of nitriles is 1. The van der Waals surface area contributed by atoms with E-state index in [0.29, 0.717) is 0 Å². The highest BCUT2D eigenvalue weighted by atomic mass is 32.2. The number of hydrogen-bond acceptors (Lipinski definition) is 3. The first kappa shape index (κ1) is 9.94. The highest BCUT2D eigenvalue weighted by Gasteiger charge is 2.02. The standard InChI is InChI=1S/C10H12N2S/c1-8(6-11)7-13-10-5-3-2-4-9(10)12/h2-5,8H,7,12H2,1H3/t8-/m0/s1. The highest BCUT2D eigenvalue weighted by Crippen LogP contribution is 2.25. The average molecular weight is 192 g/mol. The fourth-order valence-electron chi connectivity index (χ4n) is 0.864. The van der Waals surface area contributed by atoms with Gasteiger partial charge in [-0.3, -0.25) is 0 Å². The van der Waals surface area contributed by atoms with Crippen LogP contribution < -0.4 is 5.73 Å². The van der Waals surface area contributed by atoms with Crippen LogP contribution in [-0.2, 0) is 0 Å². The van der Waals surface area contributed by atoms with E-state index in [0.717, 1.165) is 16.3 Å². The number of nitrogens with two attached hydrogens (primary N) is 1. The third-order valence-electron chi connectivity index (χ3n) is 1.63. The lowest BCUT2D eigenvalue weighted by Gasteiger charge is -2.05. The Morgan fingerprint density at radius 1 is 1.54 bits per heavy atom. The molecule has 1 aromatic carbocycles. The van der Waals surface area contributed by atoms with Gasteiger partial charge in [-0.05, 0) is 19.1 Å². The molecule has 0 radical (unpaired) electrons. The van der Waals surface area contributed by atoms with Gasteiger partial charge in [-0.15, -0.1) is 11.8 Å². The van der Waals surface area contributed by atoms with Gasteiger partial charge in [0.1, 0.15) is 0 Å². The topological polar surface area (TPSA) is 49.8 Å². The van der Waals surface area contributed by atoms with Gasteiger partial charge >= 0.3 is 0 Å². The smallest absolute Gasteiger partial charge is 0.0661 e. The second-order valence-corrected chi connectivity index (χ2v) is 3.94. The summed E-state index contributed by atoms with van der Waals surface area (Å²) in [4.78, 5) is 1.06. The molecular formula is C10H12N2S. The minimum Gasteiger partial charge on any atom is -0.398 e. The molecule has 1 aromatic rings. The van der Waals surface area contributed by atoms with E-state index >= 15 is 0 Å². The molecule has 0 heterocycles. The second kappa shape index (κ2) is 4.78. The molecule has 0 aliphatic carbocycles. The Labute approximate surface area is 82.7 Å². The second-order valence-electron chi connectivity index (χ2n) is 2.88. The molecule has 68 valence electrons. The Bertz CT molecular complexity index is 317. The Morgan fingerprint density at radius 3 is 2.85 bits per heavy atom. The molecule has 0 aliphatic rings. The Hall–Kier alpha value is -1.14. The minimum absolute atomic E-state index is 0.0737. The fourth-order valence-corrected chi connectivity index (χ4v) is 1.78. The summed E-state index contributed by atoms with van der Waals surface area (Å²) in [5, 5.41) is 8.59. The number of hydrogen-bond donors (Lipinski definition) is 1. The number of para-hydroxylation sites is 1. The van der Waals surface area contributed by atoms with Crippen molar-refractivity contribution in [3.63, 3.8) is 0 Å². The van der Waals surface area contributed by atoms with Crippen molar-refractivity contribution in [2.45, 2.75) is 11.8 Å². The molecule has 0 saturated carbocycles. The van der Waals surface area contributed by atoms with Crippen LogP contribution in [0.4, 0.5) is 5.69 Å². The van der Waals surface area contributed by atoms with Crippen molar-refractivity contribution in [3.05, 3.63) is 24.3 Å². The molecule has 0 fully saturated rings. The number of anilines is 1. The van der Waals surface area contributed by atoms with Crippen molar-refractivity contribution >= 4 is 17.4 Å². The Balaban J connectivity index is 2.56. The van der Waals surface area contributed by atoms with Crippen molar-refractivity contribution < 1.29 is 0 Å². The summed E-state index contributed by atoms with van der Waals surface area (Å²) in [6.45, 7) is 1.91. The summed E-state index contributed by atoms with van der Waals surface area (Å²) < 4.78 is 0. The monoisotopic (exact) mass is 192 g/mol. The maximum Gasteiger partial charge on any atom is 0.0661 e. The predicted octanol–water partition coefficient (Wildman–Crippen LogP) is 2.52. The minimum atomic E-state index is 0.0737. The first-order valence-corrected chi connectivity index (χ1v) is 5.09. The zero-order valence-electron chi connectivity index (χ0n) is 7.53. The molecule has 2 nitrogen and oxygen atoms in total. The normalized spacial score (nSPS) is 12.0. The molecule has 0 unspecified atom stereocenters. The van der Waals surface area contributed by atoms with Crippen LogP contribution in [-0.4, -0.2) is 5.75 Å². The van der Waals surface area contributed by atoms with Crippen LogP contribution in [0.1, 0.15) is 6.92 Å². The SMILES string of the molecule is C[C@@H](C#N)CSc1ccccc1N. The molecule has 0 saturated heterocycles. The predicted molar refractivity (Wildman–Crippen MR) is 56.4 cm³/mol. The Kier molecular flexibility index (Phi) is 3.66. The van der Waals surface area contributed by atoms with Crippen LogP contribution in [0.3, 0.4) is 0 Å². The van der Waals surface area contributed by atoms with E-state index < -0.39 is 0 Å². The highest BCUT2D eigenvalue weighted by molar-refractivity contribution is 7.99. The number of thioether (sulfide) groups is 1. The van der Waals surface area contributed by atoms with Gasteiger partial charge in [0.2, 0.25) is 0 Å². The van der Waals surface area contributed by atoms with E-state index in [9.17, 15) is 0 Å². The summed E-state index contributed by atoms with van der Waals surface area (Å²) >= 11 is 1.63. The first-order valence-electron chi connectivity index (χ1n) is 4.11. The van der Waals surface area contributed by atoms with E-state index in [1.54, 1.807) is 11.8 Å². The lowest BCUT2D eigenvalue weighted by molar-refractivity contribution is 0.864. The zero-order valence-corrected chi connectivity index (χ0v) is 8.34. The van der Waals surface area contributed by atoms with Crippen LogP contribution >= 0.6 is 11.8 Å². The van der Waals surface area contributed by atoms with Gasteiger partial charge in [0.05, 0.1) is 12.0 Å². The molecule has 1 atom stereocenters. The van der Waals surface area contributed by atoms with Crippen molar-refractivity contribution in [1.82, 2.24) is 0 Å². The molecule has 0 amide bonds. The molecule has 1 rings (SSSR count). The van der Waals surface area contributed by atoms with Gasteiger partial charge in [-0.2, -0.15) is 5.26 Å². The molecule has 0 aromatic heterocycles. The summed E-state index contributed by atoms with van der Waals surface area (Å²) in [6.07, 6.45) is 0. The van der Waals surface area contributed by atoms with Crippen molar-refractivity contribution in [3.8, 4) is 6.07 Å². The third kappa shape index (κ3) is 3.00. The maximum absolute atomic E-state index is 8.59. The largest absolute Gasteiger partial charge is 0.398 e. The van der Waals surface area contributed by atoms with Gasteiger partial charge in [0.15, 0.2) is 0 Å². The number of nitrogen functional groups attached to an aromatic ring is 1. The quantitative estimate of drug-likeness (QED) is 0.591. The van der Waals surface area contributed by atoms with E-state index in [-0.39, 0.29) is 5.92 Å². The molecule has 0 bridgehead atoms. The van der Waals surface area contributed by atoms with Gasteiger partial charge in [0.25, 0.3) is 0 Å². The lowest BCUT2D eigenvalue weighted by atomic mass is 10.3. The third-order valence-corrected chi connectivity index (χ3v) is 2.98. The number of benzene rings is 1. The van der Waals surface area contributed by atoms with Gasteiger partial charge in [-0.25, -0.2) is 0 Å². The van der Waals surface area contributed by atoms with Crippen LogP contribution in [0.25, 0.3) is 0 Å². The van der Waals surface area contributed by atoms with Crippen LogP contribution in [0.2, 0.25) is 0 Å². The van der Waals surface area contributed by atoms with Crippen LogP contribution in [0.5, 0.6) is 0 Å². The van der Waals surface area contributed by atoms with E-state index in [1.807, 2.05) is 31.2 Å². The molecular weight excluding hydrogens is 180 g/mol. The average Bonchev–Trinajstić information content (AvgIpc) is 2.16. The van der Waals surface area contributed by atoms with Crippen LogP contribution in [0.15, 0.2) is 29.2 Å². The van der Waals surface area contributed by atoms with Gasteiger partial charge < -0.3 is 5.73 Å². The maximum atomic E-state index is 8.59. The van der Waals surface area contributed by atoms with Gasteiger partial charge in [-0.1, -0.05) is 12.1 Å². The molecule has 3 heteroatoms. The summed E-state index contributed by atoms with van der Waals surface area (Å²) in [5.41, 5.74) is 6.53. The first-order chi connectivity index (χ1) is 6.24. The van der Waals surface area contributed by atoms with Gasteiger partial charge in [0, 0.05) is 16.3 Å². The molecule has 0 spiro atoms.